The second-order valence-corrected chi connectivity index (χ2v) is 6.81. The Morgan fingerprint density at radius 2 is 1.96 bits per heavy atom. The molecule has 1 atom stereocenters. The number of likely N-dealkylation sites (tertiary alicyclic amines) is 1. The molecule has 2 aliphatic rings. The smallest absolute Gasteiger partial charge is 0.260 e. The third-order valence-corrected chi connectivity index (χ3v) is 5.40. The lowest BCUT2D eigenvalue weighted by Crippen LogP contribution is -2.39. The van der Waals surface area contributed by atoms with Gasteiger partial charge in [-0.15, -0.1) is 0 Å². The molecule has 1 fully saturated rings. The quantitative estimate of drug-likeness (QED) is 0.729. The van der Waals surface area contributed by atoms with Crippen LogP contribution in [0, 0.1) is 0 Å². The van der Waals surface area contributed by atoms with Crippen LogP contribution in [-0.2, 0) is 0 Å². The topological polar surface area (TPSA) is 36.4 Å². The molecule has 0 N–H and O–H groups in total. The highest BCUT2D eigenvalue weighted by molar-refractivity contribution is 6.24. The van der Waals surface area contributed by atoms with E-state index < -0.39 is 0 Å². The lowest BCUT2D eigenvalue weighted by atomic mass is 10.1. The Morgan fingerprint density at radius 3 is 2.80 bits per heavy atom. The van der Waals surface area contributed by atoms with Crippen molar-refractivity contribution in [1.82, 2.24) is 9.88 Å². The molecule has 1 amide bonds. The average molecular weight is 329 g/mol. The van der Waals surface area contributed by atoms with Crippen LogP contribution in [0.1, 0.15) is 34.8 Å². The minimum Gasteiger partial charge on any atom is -0.294 e. The highest BCUT2D eigenvalue weighted by Gasteiger charge is 2.34. The number of aromatic nitrogens is 1. The highest BCUT2D eigenvalue weighted by atomic mass is 16.2. The van der Waals surface area contributed by atoms with Crippen molar-refractivity contribution in [2.24, 2.45) is 0 Å². The zero-order chi connectivity index (χ0) is 16.8. The Balaban J connectivity index is 1.49. The number of carbonyl (C=O) groups excluding carboxylic acids is 1. The second kappa shape index (κ2) is 5.67. The van der Waals surface area contributed by atoms with Gasteiger partial charge in [-0.05, 0) is 42.0 Å². The largest absolute Gasteiger partial charge is 0.294 e. The number of rotatable bonds is 3. The number of amides is 1. The van der Waals surface area contributed by atoms with E-state index in [4.69, 9.17) is 0 Å². The van der Waals surface area contributed by atoms with Crippen molar-refractivity contribution in [3.05, 3.63) is 72.1 Å². The number of hydrogen-bond donors (Lipinski definition) is 0. The van der Waals surface area contributed by atoms with Crippen LogP contribution in [0.5, 0.6) is 0 Å². The van der Waals surface area contributed by atoms with Crippen LogP contribution in [0.4, 0.5) is 5.69 Å². The van der Waals surface area contributed by atoms with Crippen molar-refractivity contribution in [2.45, 2.75) is 18.9 Å². The Bertz CT molecular complexity index is 949. The van der Waals surface area contributed by atoms with E-state index >= 15 is 0 Å². The van der Waals surface area contributed by atoms with Gasteiger partial charge >= 0.3 is 0 Å². The molecule has 0 aliphatic carbocycles. The van der Waals surface area contributed by atoms with Gasteiger partial charge in [-0.2, -0.15) is 0 Å². The molecule has 1 unspecified atom stereocenters. The fourth-order valence-corrected chi connectivity index (χ4v) is 4.25. The molecule has 0 saturated carbocycles. The molecule has 1 aromatic heterocycles. The summed E-state index contributed by atoms with van der Waals surface area (Å²) in [6.45, 7) is 1.64. The first-order valence-corrected chi connectivity index (χ1v) is 8.80. The van der Waals surface area contributed by atoms with Crippen molar-refractivity contribution in [1.29, 1.82) is 0 Å². The molecule has 4 heteroatoms. The predicted molar refractivity (Wildman–Crippen MR) is 98.5 cm³/mol. The zero-order valence-electron chi connectivity index (χ0n) is 13.9. The minimum atomic E-state index is 0.114. The van der Waals surface area contributed by atoms with Gasteiger partial charge in [0.05, 0.1) is 12.4 Å². The van der Waals surface area contributed by atoms with Crippen LogP contribution >= 0.6 is 0 Å². The number of pyridine rings is 1. The Morgan fingerprint density at radius 1 is 1.08 bits per heavy atom. The first-order valence-electron chi connectivity index (χ1n) is 8.80. The maximum atomic E-state index is 13.0. The van der Waals surface area contributed by atoms with E-state index in [0.29, 0.717) is 12.7 Å². The Labute approximate surface area is 146 Å². The van der Waals surface area contributed by atoms with Crippen LogP contribution in [-0.4, -0.2) is 29.0 Å². The van der Waals surface area contributed by atoms with Gasteiger partial charge in [-0.3, -0.25) is 19.6 Å². The summed E-state index contributed by atoms with van der Waals surface area (Å²) in [5, 5.41) is 2.23. The second-order valence-electron chi connectivity index (χ2n) is 6.81. The van der Waals surface area contributed by atoms with Gasteiger partial charge in [-0.1, -0.05) is 30.3 Å². The molecule has 124 valence electrons. The summed E-state index contributed by atoms with van der Waals surface area (Å²) < 4.78 is 0. The molecule has 3 heterocycles. The van der Waals surface area contributed by atoms with Crippen LogP contribution in [0.2, 0.25) is 0 Å². The molecule has 2 aliphatic heterocycles. The van der Waals surface area contributed by atoms with Crippen molar-refractivity contribution < 1.29 is 4.79 Å². The number of anilines is 1. The summed E-state index contributed by atoms with van der Waals surface area (Å²) in [6.07, 6.45) is 6.03. The minimum absolute atomic E-state index is 0.114. The standard InChI is InChI=1S/C21H19N3O/c25-21-17-8-1-5-15-6-2-9-19(20(15)17)24(21)14-23-12-4-10-18(23)16-7-3-11-22-13-16/h1-3,5-9,11,13,18H,4,10,12,14H2. The van der Waals surface area contributed by atoms with Crippen LogP contribution in [0.3, 0.4) is 0 Å². The number of hydrogen-bond acceptors (Lipinski definition) is 3. The van der Waals surface area contributed by atoms with Gasteiger partial charge in [-0.25, -0.2) is 0 Å². The number of carbonyl (C=O) groups is 1. The molecule has 5 rings (SSSR count). The summed E-state index contributed by atoms with van der Waals surface area (Å²) in [7, 11) is 0. The fraction of sp³-hybridized carbons (Fsp3) is 0.238. The summed E-state index contributed by atoms with van der Waals surface area (Å²) in [6, 6.07) is 16.6. The molecular weight excluding hydrogens is 310 g/mol. The molecule has 0 radical (unpaired) electrons. The summed E-state index contributed by atoms with van der Waals surface area (Å²) in [4.78, 5) is 21.6. The zero-order valence-corrected chi connectivity index (χ0v) is 13.9. The van der Waals surface area contributed by atoms with Gasteiger partial charge in [0.25, 0.3) is 5.91 Å². The maximum Gasteiger partial charge on any atom is 0.260 e. The Hall–Kier alpha value is -2.72. The SMILES string of the molecule is O=C1c2cccc3cccc(c23)N1CN1CCCC1c1cccnc1. The first-order chi connectivity index (χ1) is 12.3. The number of nitrogens with zero attached hydrogens (tertiary/aromatic N) is 3. The molecule has 0 bridgehead atoms. The Kier molecular flexibility index (Phi) is 3.31. The first kappa shape index (κ1) is 14.6. The lowest BCUT2D eigenvalue weighted by molar-refractivity contribution is 0.0971. The van der Waals surface area contributed by atoms with Gasteiger partial charge in [0.15, 0.2) is 0 Å². The van der Waals surface area contributed by atoms with E-state index in [1.807, 2.05) is 41.6 Å². The van der Waals surface area contributed by atoms with Crippen molar-refractivity contribution >= 4 is 22.4 Å². The monoisotopic (exact) mass is 329 g/mol. The lowest BCUT2D eigenvalue weighted by Gasteiger charge is -2.29. The van der Waals surface area contributed by atoms with Crippen LogP contribution in [0.25, 0.3) is 10.8 Å². The van der Waals surface area contributed by atoms with Crippen molar-refractivity contribution in [3.8, 4) is 0 Å². The maximum absolute atomic E-state index is 13.0. The van der Waals surface area contributed by atoms with Crippen LogP contribution in [0.15, 0.2) is 60.9 Å². The van der Waals surface area contributed by atoms with E-state index in [2.05, 4.69) is 34.1 Å². The number of benzene rings is 2. The van der Waals surface area contributed by atoms with Gasteiger partial charge in [0.2, 0.25) is 0 Å². The van der Waals surface area contributed by atoms with Crippen LogP contribution < -0.4 is 4.90 Å². The van der Waals surface area contributed by atoms with E-state index in [1.54, 1.807) is 0 Å². The third kappa shape index (κ3) is 2.25. The summed E-state index contributed by atoms with van der Waals surface area (Å²) >= 11 is 0. The van der Waals surface area contributed by atoms with E-state index in [9.17, 15) is 4.79 Å². The predicted octanol–water partition coefficient (Wildman–Crippen LogP) is 3.99. The van der Waals surface area contributed by atoms with Crippen molar-refractivity contribution in [2.75, 3.05) is 18.1 Å². The molecule has 25 heavy (non-hydrogen) atoms. The van der Waals surface area contributed by atoms with E-state index in [-0.39, 0.29) is 5.91 Å². The van der Waals surface area contributed by atoms with Crippen molar-refractivity contribution in [3.63, 3.8) is 0 Å². The fourth-order valence-electron chi connectivity index (χ4n) is 4.25. The third-order valence-electron chi connectivity index (χ3n) is 5.40. The van der Waals surface area contributed by atoms with Gasteiger partial charge in [0, 0.05) is 35.9 Å². The molecule has 1 saturated heterocycles. The highest BCUT2D eigenvalue weighted by Crippen LogP contribution is 2.39. The molecule has 4 nitrogen and oxygen atoms in total. The summed E-state index contributed by atoms with van der Waals surface area (Å²) in [5.74, 6) is 0.114. The molecule has 0 spiro atoms. The van der Waals surface area contributed by atoms with Gasteiger partial charge in [0.1, 0.15) is 0 Å². The van der Waals surface area contributed by atoms with E-state index in [1.165, 1.54) is 5.56 Å². The normalized spacial score (nSPS) is 19.9. The summed E-state index contributed by atoms with van der Waals surface area (Å²) in [5.41, 5.74) is 3.10. The van der Waals surface area contributed by atoms with E-state index in [0.717, 1.165) is 41.4 Å². The molecular formula is C21H19N3O. The molecule has 3 aromatic rings. The molecule has 2 aromatic carbocycles. The van der Waals surface area contributed by atoms with Gasteiger partial charge < -0.3 is 0 Å². The average Bonchev–Trinajstić information content (AvgIpc) is 3.23.